The number of aromatic nitrogens is 2. The maximum absolute atomic E-state index is 13.9. The minimum Gasteiger partial charge on any atom is -0.494 e. The average Bonchev–Trinajstić information content (AvgIpc) is 2.97. The van der Waals surface area contributed by atoms with Gasteiger partial charge in [-0.05, 0) is 97.4 Å². The van der Waals surface area contributed by atoms with Gasteiger partial charge in [-0.25, -0.2) is 4.98 Å². The molecule has 0 radical (unpaired) electrons. The zero-order valence-corrected chi connectivity index (χ0v) is 27.5. The summed E-state index contributed by atoms with van der Waals surface area (Å²) >= 11 is 10.4. The first-order chi connectivity index (χ1) is 20.1. The van der Waals surface area contributed by atoms with E-state index >= 15 is 0 Å². The molecule has 0 aliphatic rings. The third kappa shape index (κ3) is 6.50. The van der Waals surface area contributed by atoms with Crippen molar-refractivity contribution in [2.45, 2.75) is 66.9 Å². The van der Waals surface area contributed by atoms with E-state index in [1.54, 1.807) is 18.3 Å². The van der Waals surface area contributed by atoms with Gasteiger partial charge in [-0.1, -0.05) is 44.5 Å². The fourth-order valence-corrected chi connectivity index (χ4v) is 5.20. The Morgan fingerprint density at radius 3 is 2.40 bits per heavy atom. The van der Waals surface area contributed by atoms with Crippen LogP contribution < -0.4 is 19.8 Å². The maximum atomic E-state index is 13.9. The van der Waals surface area contributed by atoms with Crippen molar-refractivity contribution in [3.63, 3.8) is 0 Å². The molecule has 9 heteroatoms. The van der Waals surface area contributed by atoms with Crippen LogP contribution in [0.15, 0.2) is 56.8 Å². The van der Waals surface area contributed by atoms with E-state index < -0.39 is 0 Å². The van der Waals surface area contributed by atoms with E-state index in [-0.39, 0.29) is 17.6 Å². The van der Waals surface area contributed by atoms with Crippen LogP contribution >= 0.6 is 27.5 Å². The predicted molar refractivity (Wildman–Crippen MR) is 175 cm³/mol. The van der Waals surface area contributed by atoms with Gasteiger partial charge in [0.05, 0.1) is 36.4 Å². The van der Waals surface area contributed by atoms with E-state index in [1.165, 1.54) is 4.68 Å². The molecule has 0 N–H and O–H groups in total. The molecular weight excluding hydrogens is 618 g/mol. The number of aryl methyl sites for hydroxylation is 1. The number of ether oxygens (including phenoxy) is 3. The first-order valence-electron chi connectivity index (χ1n) is 14.3. The molecule has 4 aromatic rings. The average molecular weight is 655 g/mol. The van der Waals surface area contributed by atoms with Gasteiger partial charge in [-0.15, -0.1) is 0 Å². The Labute approximate surface area is 260 Å². The topological polar surface area (TPSA) is 74.9 Å². The van der Waals surface area contributed by atoms with Crippen molar-refractivity contribution in [2.24, 2.45) is 5.10 Å². The number of hydrogen-bond donors (Lipinski definition) is 0. The normalized spacial score (nSPS) is 12.3. The number of fused-ring (bicyclic) bond motifs is 1. The van der Waals surface area contributed by atoms with Crippen LogP contribution in [0.25, 0.3) is 22.3 Å². The Morgan fingerprint density at radius 2 is 1.74 bits per heavy atom. The molecule has 0 saturated carbocycles. The number of nitrogens with zero attached hydrogens (tertiary/aromatic N) is 3. The first kappa shape index (κ1) is 31.6. The van der Waals surface area contributed by atoms with Crippen molar-refractivity contribution in [1.29, 1.82) is 0 Å². The molecule has 0 bridgehead atoms. The van der Waals surface area contributed by atoms with Crippen molar-refractivity contribution in [1.82, 2.24) is 9.66 Å². The van der Waals surface area contributed by atoms with E-state index in [0.717, 1.165) is 28.9 Å². The van der Waals surface area contributed by atoms with E-state index in [1.807, 2.05) is 58.9 Å². The summed E-state index contributed by atoms with van der Waals surface area (Å²) in [7, 11) is 0. The minimum atomic E-state index is -0.282. The molecule has 1 heterocycles. The van der Waals surface area contributed by atoms with Crippen molar-refractivity contribution in [2.75, 3.05) is 13.2 Å². The molecule has 0 spiro atoms. The smallest absolute Gasteiger partial charge is 0.282 e. The zero-order valence-electron chi connectivity index (χ0n) is 25.1. The van der Waals surface area contributed by atoms with Crippen LogP contribution in [-0.2, 0) is 0 Å². The van der Waals surface area contributed by atoms with E-state index in [2.05, 4.69) is 40.9 Å². The van der Waals surface area contributed by atoms with E-state index in [0.29, 0.717) is 56.5 Å². The van der Waals surface area contributed by atoms with Crippen LogP contribution in [0, 0.1) is 6.92 Å². The van der Waals surface area contributed by atoms with Gasteiger partial charge in [0.15, 0.2) is 17.3 Å². The van der Waals surface area contributed by atoms with Crippen LogP contribution in [-0.4, -0.2) is 35.2 Å². The third-order valence-electron chi connectivity index (χ3n) is 6.94. The van der Waals surface area contributed by atoms with Crippen molar-refractivity contribution >= 4 is 44.6 Å². The summed E-state index contributed by atoms with van der Waals surface area (Å²) in [5, 5.41) is 5.53. The molecule has 0 aliphatic heterocycles. The van der Waals surface area contributed by atoms with E-state index in [9.17, 15) is 4.79 Å². The van der Waals surface area contributed by atoms with Crippen molar-refractivity contribution < 1.29 is 14.2 Å². The van der Waals surface area contributed by atoms with Gasteiger partial charge in [0.2, 0.25) is 0 Å². The van der Waals surface area contributed by atoms with E-state index in [4.69, 9.17) is 30.8 Å². The molecule has 1 atom stereocenters. The third-order valence-corrected chi connectivity index (χ3v) is 8.38. The highest BCUT2D eigenvalue weighted by molar-refractivity contribution is 9.10. The summed E-state index contributed by atoms with van der Waals surface area (Å²) in [6, 6.07) is 13.1. The molecule has 0 saturated heterocycles. The number of hydrogen-bond acceptors (Lipinski definition) is 6. The second-order valence-corrected chi connectivity index (χ2v) is 11.5. The fraction of sp³-hybridized carbons (Fsp3) is 0.364. The van der Waals surface area contributed by atoms with Gasteiger partial charge in [-0.2, -0.15) is 9.78 Å². The molecule has 0 unspecified atom stereocenters. The summed E-state index contributed by atoms with van der Waals surface area (Å²) < 4.78 is 19.8. The molecule has 222 valence electrons. The lowest BCUT2D eigenvalue weighted by atomic mass is 9.96. The van der Waals surface area contributed by atoms with Crippen LogP contribution in [0.2, 0.25) is 5.02 Å². The second kappa shape index (κ2) is 13.7. The fourth-order valence-electron chi connectivity index (χ4n) is 4.55. The molecule has 42 heavy (non-hydrogen) atoms. The van der Waals surface area contributed by atoms with Crippen molar-refractivity contribution in [3.8, 4) is 28.6 Å². The molecule has 3 aromatic carbocycles. The lowest BCUT2D eigenvalue weighted by molar-refractivity contribution is 0.203. The standard InChI is InChI=1S/C33H37BrClN3O4/c1-8-21(7)42-31-28(41-10-3)16-22(29(34)30(31)35)18-36-38-32(37-26-14-12-11-13-23(26)33(38)39)25-17-24(19(4)5)27(40-9-2)15-20(25)6/h11-19,21H,8-10H2,1-7H3/t21-/m0/s1. The predicted octanol–water partition coefficient (Wildman–Crippen LogP) is 8.77. The largest absolute Gasteiger partial charge is 0.494 e. The Morgan fingerprint density at radius 1 is 1.05 bits per heavy atom. The van der Waals surface area contributed by atoms with Gasteiger partial charge >= 0.3 is 0 Å². The van der Waals surface area contributed by atoms with Crippen LogP contribution in [0.5, 0.6) is 17.2 Å². The highest BCUT2D eigenvalue weighted by atomic mass is 79.9. The first-order valence-corrected chi connectivity index (χ1v) is 15.4. The molecular formula is C33H37BrClN3O4. The Hall–Kier alpha value is -3.36. The number of rotatable bonds is 11. The number of para-hydroxylation sites is 1. The minimum absolute atomic E-state index is 0.0500. The summed E-state index contributed by atoms with van der Waals surface area (Å²) in [6.07, 6.45) is 2.35. The molecule has 4 rings (SSSR count). The quantitative estimate of drug-likeness (QED) is 0.151. The zero-order chi connectivity index (χ0) is 30.6. The molecule has 0 fully saturated rings. The Balaban J connectivity index is 1.94. The van der Waals surface area contributed by atoms with Gasteiger partial charge in [0, 0.05) is 15.6 Å². The van der Waals surface area contributed by atoms with Crippen LogP contribution in [0.3, 0.4) is 0 Å². The van der Waals surface area contributed by atoms with Crippen LogP contribution in [0.1, 0.15) is 70.6 Å². The summed E-state index contributed by atoms with van der Waals surface area (Å²) in [5.74, 6) is 2.42. The number of benzene rings is 3. The SMILES string of the molecule is CCOc1cc(C)c(-c2nc3ccccc3c(=O)n2N=Cc2cc(OCC)c(O[C@@H](C)CC)c(Cl)c2Br)cc1C(C)C. The van der Waals surface area contributed by atoms with Gasteiger partial charge in [0.25, 0.3) is 5.56 Å². The highest BCUT2D eigenvalue weighted by Gasteiger charge is 2.21. The summed E-state index contributed by atoms with van der Waals surface area (Å²) in [6.45, 7) is 15.1. The second-order valence-electron chi connectivity index (χ2n) is 10.3. The maximum Gasteiger partial charge on any atom is 0.282 e. The molecule has 7 nitrogen and oxygen atoms in total. The Bertz CT molecular complexity index is 1680. The lowest BCUT2D eigenvalue weighted by Crippen LogP contribution is -2.21. The molecule has 1 aromatic heterocycles. The summed E-state index contributed by atoms with van der Waals surface area (Å²) in [4.78, 5) is 18.8. The monoisotopic (exact) mass is 653 g/mol. The molecule has 0 aliphatic carbocycles. The summed E-state index contributed by atoms with van der Waals surface area (Å²) in [5.41, 5.74) is 3.68. The lowest BCUT2D eigenvalue weighted by Gasteiger charge is -2.19. The van der Waals surface area contributed by atoms with Gasteiger partial charge in [-0.3, -0.25) is 4.79 Å². The van der Waals surface area contributed by atoms with Crippen LogP contribution in [0.4, 0.5) is 0 Å². The Kier molecular flexibility index (Phi) is 10.3. The van der Waals surface area contributed by atoms with Gasteiger partial charge in [0.1, 0.15) is 10.8 Å². The number of halogens is 2. The van der Waals surface area contributed by atoms with Gasteiger partial charge < -0.3 is 14.2 Å². The van der Waals surface area contributed by atoms with Crippen molar-refractivity contribution in [3.05, 3.63) is 79.0 Å². The molecule has 0 amide bonds. The highest BCUT2D eigenvalue weighted by Crippen LogP contribution is 2.43.